The number of nitrogens with one attached hydrogen (secondary N) is 1. The predicted octanol–water partition coefficient (Wildman–Crippen LogP) is 0.307. The predicted molar refractivity (Wildman–Crippen MR) is 40.7 cm³/mol. The van der Waals surface area contributed by atoms with Gasteiger partial charge in [0.25, 0.3) is 0 Å². The van der Waals surface area contributed by atoms with Crippen molar-refractivity contribution in [3.8, 4) is 0 Å². The van der Waals surface area contributed by atoms with Crippen LogP contribution in [0.3, 0.4) is 0 Å². The van der Waals surface area contributed by atoms with Crippen LogP contribution in [0.15, 0.2) is 0 Å². The summed E-state index contributed by atoms with van der Waals surface area (Å²) in [6.07, 6.45) is 1.27. The maximum absolute atomic E-state index is 11.0. The molecule has 3 nitrogen and oxygen atoms in total. The first kappa shape index (κ1) is 8.30. The topological polar surface area (TPSA) is 46.2 Å². The van der Waals surface area contributed by atoms with Crippen molar-refractivity contribution in [3.05, 3.63) is 0 Å². The highest BCUT2D eigenvalue weighted by Crippen LogP contribution is 2.15. The van der Waals surface area contributed by atoms with E-state index in [9.17, 15) is 8.42 Å². The minimum Gasteiger partial charge on any atom is -0.215 e. The van der Waals surface area contributed by atoms with Gasteiger partial charge in [0.15, 0.2) is 0 Å². The fourth-order valence-electron chi connectivity index (χ4n) is 1.06. The molecule has 0 aromatic carbocycles. The molecule has 0 radical (unpaired) electrons. The van der Waals surface area contributed by atoms with Crippen LogP contribution >= 0.6 is 11.6 Å². The lowest BCUT2D eigenvalue weighted by molar-refractivity contribution is 0.582. The minimum atomic E-state index is -2.98. The van der Waals surface area contributed by atoms with E-state index in [0.717, 1.165) is 0 Å². The molecule has 1 aliphatic heterocycles. The van der Waals surface area contributed by atoms with Gasteiger partial charge < -0.3 is 0 Å². The van der Waals surface area contributed by atoms with E-state index in [4.69, 9.17) is 11.6 Å². The van der Waals surface area contributed by atoms with Gasteiger partial charge in [0.2, 0.25) is 10.0 Å². The molecule has 1 aliphatic rings. The van der Waals surface area contributed by atoms with E-state index in [2.05, 4.69) is 4.72 Å². The highest BCUT2D eigenvalue weighted by molar-refractivity contribution is 7.90. The summed E-state index contributed by atoms with van der Waals surface area (Å²) in [5, 5.41) is -0.245. The Kier molecular flexibility index (Phi) is 2.55. The third-order valence-corrected chi connectivity index (χ3v) is 3.81. The Bertz CT molecular complexity index is 202. The van der Waals surface area contributed by atoms with Gasteiger partial charge in [0.1, 0.15) is 0 Å². The van der Waals surface area contributed by atoms with Gasteiger partial charge in [-0.1, -0.05) is 0 Å². The maximum Gasteiger partial charge on any atom is 0.214 e. The first-order chi connectivity index (χ1) is 4.67. The van der Waals surface area contributed by atoms with Crippen molar-refractivity contribution in [1.29, 1.82) is 0 Å². The van der Waals surface area contributed by atoms with E-state index < -0.39 is 10.0 Å². The van der Waals surface area contributed by atoms with E-state index in [1.807, 2.05) is 0 Å². The van der Waals surface area contributed by atoms with Crippen LogP contribution in [0, 0.1) is 0 Å². The Hall–Kier alpha value is 0.200. The second-order valence-corrected chi connectivity index (χ2v) is 4.75. The van der Waals surface area contributed by atoms with Crippen LogP contribution in [0.1, 0.15) is 12.8 Å². The third-order valence-electron chi connectivity index (χ3n) is 1.64. The van der Waals surface area contributed by atoms with Crippen molar-refractivity contribution in [2.75, 3.05) is 12.4 Å². The summed E-state index contributed by atoms with van der Waals surface area (Å²) in [6.45, 7) is 0.573. The lowest BCUT2D eigenvalue weighted by atomic mass is 10.2. The van der Waals surface area contributed by atoms with Gasteiger partial charge in [-0.15, -0.1) is 11.6 Å². The van der Waals surface area contributed by atoms with Crippen LogP contribution < -0.4 is 4.72 Å². The minimum absolute atomic E-state index is 0.245. The summed E-state index contributed by atoms with van der Waals surface area (Å²) < 4.78 is 24.4. The van der Waals surface area contributed by atoms with Crippen molar-refractivity contribution in [2.45, 2.75) is 18.1 Å². The lowest BCUT2D eigenvalue weighted by Gasteiger charge is -2.03. The van der Waals surface area contributed by atoms with E-state index >= 15 is 0 Å². The molecule has 0 spiro atoms. The van der Waals surface area contributed by atoms with E-state index in [1.54, 1.807) is 0 Å². The molecule has 1 heterocycles. The van der Waals surface area contributed by atoms with Gasteiger partial charge in [-0.05, 0) is 12.8 Å². The molecule has 1 unspecified atom stereocenters. The number of alkyl halides is 1. The maximum atomic E-state index is 11.0. The van der Waals surface area contributed by atoms with Gasteiger partial charge in [-0.25, -0.2) is 13.1 Å². The fraction of sp³-hybridized carbons (Fsp3) is 1.00. The van der Waals surface area contributed by atoms with Crippen molar-refractivity contribution in [1.82, 2.24) is 4.72 Å². The zero-order valence-corrected chi connectivity index (χ0v) is 7.08. The molecular weight excluding hydrogens is 174 g/mol. The van der Waals surface area contributed by atoms with Crippen molar-refractivity contribution in [2.24, 2.45) is 0 Å². The van der Waals surface area contributed by atoms with Crippen LogP contribution in [0.2, 0.25) is 0 Å². The van der Waals surface area contributed by atoms with Crippen LogP contribution in [-0.4, -0.2) is 26.1 Å². The number of hydrogen-bond acceptors (Lipinski definition) is 2. The van der Waals surface area contributed by atoms with Crippen molar-refractivity contribution in [3.63, 3.8) is 0 Å². The van der Waals surface area contributed by atoms with E-state index in [-0.39, 0.29) is 5.25 Å². The molecule has 1 rings (SSSR count). The molecule has 0 aliphatic carbocycles. The molecule has 0 amide bonds. The van der Waals surface area contributed by atoms with Crippen molar-refractivity contribution >= 4 is 21.6 Å². The molecular formula is C5H10ClNO2S. The molecule has 60 valence electrons. The number of halogens is 1. The normalized spacial score (nSPS) is 30.7. The zero-order chi connectivity index (χ0) is 7.61. The first-order valence-corrected chi connectivity index (χ1v) is 5.29. The average molecular weight is 184 g/mol. The Morgan fingerprint density at radius 3 is 2.70 bits per heavy atom. The smallest absolute Gasteiger partial charge is 0.214 e. The summed E-state index contributed by atoms with van der Waals surface area (Å²) in [5.41, 5.74) is 0. The second kappa shape index (κ2) is 3.07. The summed E-state index contributed by atoms with van der Waals surface area (Å²) in [7, 11) is -2.98. The van der Waals surface area contributed by atoms with Crippen LogP contribution in [-0.2, 0) is 10.0 Å². The van der Waals surface area contributed by atoms with E-state index in [0.29, 0.717) is 25.3 Å². The third kappa shape index (κ3) is 1.62. The summed E-state index contributed by atoms with van der Waals surface area (Å²) in [6, 6.07) is 0. The van der Waals surface area contributed by atoms with Crippen LogP contribution in [0.5, 0.6) is 0 Å². The average Bonchev–Trinajstić information content (AvgIpc) is 2.13. The van der Waals surface area contributed by atoms with Gasteiger partial charge in [-0.2, -0.15) is 0 Å². The summed E-state index contributed by atoms with van der Waals surface area (Å²) in [4.78, 5) is 0. The fourth-order valence-corrected chi connectivity index (χ4v) is 2.94. The molecule has 0 aromatic heterocycles. The monoisotopic (exact) mass is 183 g/mol. The van der Waals surface area contributed by atoms with Gasteiger partial charge in [0.05, 0.1) is 5.25 Å². The molecule has 10 heavy (non-hydrogen) atoms. The molecule has 1 fully saturated rings. The van der Waals surface area contributed by atoms with Gasteiger partial charge >= 0.3 is 0 Å². The van der Waals surface area contributed by atoms with Gasteiger partial charge in [-0.3, -0.25) is 0 Å². The zero-order valence-electron chi connectivity index (χ0n) is 5.51. The Labute approximate surface area is 65.8 Å². The van der Waals surface area contributed by atoms with E-state index in [1.165, 1.54) is 0 Å². The molecule has 0 saturated carbocycles. The summed E-state index contributed by atoms with van der Waals surface area (Å²) >= 11 is 5.42. The van der Waals surface area contributed by atoms with Gasteiger partial charge in [0, 0.05) is 12.4 Å². The lowest BCUT2D eigenvalue weighted by Crippen LogP contribution is -2.23. The Balaban J connectivity index is 2.60. The molecule has 1 N–H and O–H groups in total. The largest absolute Gasteiger partial charge is 0.215 e. The molecule has 0 bridgehead atoms. The summed E-state index contributed by atoms with van der Waals surface area (Å²) in [5.74, 6) is 0.422. The number of hydrogen-bond donors (Lipinski definition) is 1. The molecule has 1 atom stereocenters. The first-order valence-electron chi connectivity index (χ1n) is 3.21. The Morgan fingerprint density at radius 1 is 1.60 bits per heavy atom. The number of sulfonamides is 1. The SMILES string of the molecule is O=S1(=O)NCCC1CCCl. The van der Waals surface area contributed by atoms with Crippen LogP contribution in [0.25, 0.3) is 0 Å². The second-order valence-electron chi connectivity index (χ2n) is 2.33. The number of rotatable bonds is 2. The highest BCUT2D eigenvalue weighted by Gasteiger charge is 2.29. The molecule has 1 saturated heterocycles. The van der Waals surface area contributed by atoms with Crippen molar-refractivity contribution < 1.29 is 8.42 Å². The highest BCUT2D eigenvalue weighted by atomic mass is 35.5. The molecule has 0 aromatic rings. The molecule has 5 heteroatoms. The quantitative estimate of drug-likeness (QED) is 0.627. The Morgan fingerprint density at radius 2 is 2.30 bits per heavy atom. The van der Waals surface area contributed by atoms with Crippen LogP contribution in [0.4, 0.5) is 0 Å². The standard InChI is InChI=1S/C5H10ClNO2S/c6-3-1-5-2-4-7-10(5,8)9/h5,7H,1-4H2.